The minimum Gasteiger partial charge on any atom is -0.343 e. The van der Waals surface area contributed by atoms with Crippen molar-refractivity contribution < 1.29 is 31.5 Å². The highest BCUT2D eigenvalue weighted by Crippen LogP contribution is 2.36. The van der Waals surface area contributed by atoms with Crippen molar-refractivity contribution in [2.24, 2.45) is 0 Å². The van der Waals surface area contributed by atoms with E-state index in [-0.39, 0.29) is 10.6 Å². The first kappa shape index (κ1) is 19.6. The molecule has 0 fully saturated rings. The Hall–Kier alpha value is -2.68. The Bertz CT molecular complexity index is 855. The zero-order valence-electron chi connectivity index (χ0n) is 12.8. The van der Waals surface area contributed by atoms with Crippen molar-refractivity contribution in [3.8, 4) is 0 Å². The van der Waals surface area contributed by atoms with E-state index in [9.17, 15) is 31.5 Å². The molecule has 0 aliphatic heterocycles. The molecule has 2 rings (SSSR count). The van der Waals surface area contributed by atoms with Crippen molar-refractivity contribution in [3.63, 3.8) is 0 Å². The normalized spacial score (nSPS) is 11.2. The molecule has 2 aromatic carbocycles. The van der Waals surface area contributed by atoms with E-state index in [4.69, 9.17) is 11.6 Å². The number of carbonyl (C=O) groups is 2. The quantitative estimate of drug-likeness (QED) is 0.773. The third-order valence-electron chi connectivity index (χ3n) is 3.15. The van der Waals surface area contributed by atoms with Gasteiger partial charge < -0.3 is 10.6 Å². The minimum atomic E-state index is -4.75. The summed E-state index contributed by atoms with van der Waals surface area (Å²) < 4.78 is 64.7. The number of carbonyl (C=O) groups excluding carboxylic acids is 2. The van der Waals surface area contributed by atoms with Crippen LogP contribution in [-0.2, 0) is 11.0 Å². The number of benzene rings is 2. The fourth-order valence-corrected chi connectivity index (χ4v) is 2.13. The van der Waals surface area contributed by atoms with E-state index in [1.807, 2.05) is 5.32 Å². The molecule has 0 aromatic heterocycles. The van der Waals surface area contributed by atoms with Gasteiger partial charge in [0.05, 0.1) is 17.8 Å². The Kier molecular flexibility index (Phi) is 5.81. The van der Waals surface area contributed by atoms with Gasteiger partial charge in [-0.3, -0.25) is 9.59 Å². The van der Waals surface area contributed by atoms with Crippen LogP contribution in [0.4, 0.5) is 27.6 Å². The predicted molar refractivity (Wildman–Crippen MR) is 83.8 cm³/mol. The summed E-state index contributed by atoms with van der Waals surface area (Å²) in [5.41, 5.74) is -1.93. The first-order chi connectivity index (χ1) is 12.1. The van der Waals surface area contributed by atoms with Crippen LogP contribution in [0.15, 0.2) is 36.4 Å². The third-order valence-corrected chi connectivity index (χ3v) is 3.39. The molecule has 0 aliphatic rings. The highest BCUT2D eigenvalue weighted by atomic mass is 35.5. The van der Waals surface area contributed by atoms with E-state index in [2.05, 4.69) is 5.32 Å². The van der Waals surface area contributed by atoms with Gasteiger partial charge in [-0.1, -0.05) is 11.6 Å². The van der Waals surface area contributed by atoms with E-state index in [1.54, 1.807) is 0 Å². The molecule has 0 unspecified atom stereocenters. The first-order valence-electron chi connectivity index (χ1n) is 6.98. The molecule has 0 atom stereocenters. The highest BCUT2D eigenvalue weighted by molar-refractivity contribution is 6.30. The van der Waals surface area contributed by atoms with Crippen LogP contribution in [0.5, 0.6) is 0 Å². The number of anilines is 1. The van der Waals surface area contributed by atoms with E-state index >= 15 is 0 Å². The van der Waals surface area contributed by atoms with Gasteiger partial charge in [-0.05, 0) is 36.4 Å². The second kappa shape index (κ2) is 7.69. The van der Waals surface area contributed by atoms with Crippen LogP contribution >= 0.6 is 11.6 Å². The maximum absolute atomic E-state index is 13.1. The van der Waals surface area contributed by atoms with Gasteiger partial charge in [-0.25, -0.2) is 8.78 Å². The van der Waals surface area contributed by atoms with Crippen LogP contribution in [0.1, 0.15) is 15.9 Å². The average molecular weight is 393 g/mol. The molecule has 0 radical (unpaired) electrons. The lowest BCUT2D eigenvalue weighted by Gasteiger charge is -2.14. The van der Waals surface area contributed by atoms with E-state index in [0.717, 1.165) is 24.3 Å². The molecule has 2 aromatic rings. The maximum Gasteiger partial charge on any atom is 0.418 e. The SMILES string of the molecule is O=C(CNC(=O)c1ccc(F)c(F)c1)Nc1ccc(Cl)cc1C(F)(F)F. The molecule has 4 nitrogen and oxygen atoms in total. The number of alkyl halides is 3. The summed E-state index contributed by atoms with van der Waals surface area (Å²) in [5.74, 6) is -4.25. The van der Waals surface area contributed by atoms with Crippen LogP contribution < -0.4 is 10.6 Å². The lowest BCUT2D eigenvalue weighted by atomic mass is 10.1. The molecule has 0 heterocycles. The van der Waals surface area contributed by atoms with Gasteiger partial charge in [0.15, 0.2) is 11.6 Å². The lowest BCUT2D eigenvalue weighted by Crippen LogP contribution is -2.33. The maximum atomic E-state index is 13.1. The molecule has 0 saturated carbocycles. The second-order valence-electron chi connectivity index (χ2n) is 5.05. The molecule has 0 bridgehead atoms. The van der Waals surface area contributed by atoms with Crippen molar-refractivity contribution >= 4 is 29.1 Å². The van der Waals surface area contributed by atoms with E-state index in [0.29, 0.717) is 12.1 Å². The fraction of sp³-hybridized carbons (Fsp3) is 0.125. The van der Waals surface area contributed by atoms with Gasteiger partial charge in [0.1, 0.15) is 0 Å². The molecular formula is C16H10ClF5N2O2. The fourth-order valence-electron chi connectivity index (χ4n) is 1.95. The summed E-state index contributed by atoms with van der Waals surface area (Å²) in [6.07, 6.45) is -4.75. The van der Waals surface area contributed by atoms with Crippen molar-refractivity contribution in [3.05, 3.63) is 64.2 Å². The van der Waals surface area contributed by atoms with Gasteiger partial charge >= 0.3 is 6.18 Å². The number of rotatable bonds is 4. The Morgan fingerprint density at radius 1 is 1.00 bits per heavy atom. The van der Waals surface area contributed by atoms with Gasteiger partial charge in [-0.15, -0.1) is 0 Å². The second-order valence-corrected chi connectivity index (χ2v) is 5.48. The molecule has 2 N–H and O–H groups in total. The molecule has 2 amide bonds. The number of hydrogen-bond donors (Lipinski definition) is 2. The largest absolute Gasteiger partial charge is 0.418 e. The van der Waals surface area contributed by atoms with E-state index < -0.39 is 47.4 Å². The highest BCUT2D eigenvalue weighted by Gasteiger charge is 2.34. The van der Waals surface area contributed by atoms with Gasteiger partial charge in [0.2, 0.25) is 5.91 Å². The Morgan fingerprint density at radius 3 is 2.31 bits per heavy atom. The molecule has 138 valence electrons. The lowest BCUT2D eigenvalue weighted by molar-refractivity contribution is -0.137. The van der Waals surface area contributed by atoms with Crippen LogP contribution in [0, 0.1) is 11.6 Å². The summed E-state index contributed by atoms with van der Waals surface area (Å²) in [5, 5.41) is 3.93. The van der Waals surface area contributed by atoms with Crippen molar-refractivity contribution in [2.45, 2.75) is 6.18 Å². The van der Waals surface area contributed by atoms with E-state index in [1.165, 1.54) is 0 Å². The first-order valence-corrected chi connectivity index (χ1v) is 7.35. The summed E-state index contributed by atoms with van der Waals surface area (Å²) in [6, 6.07) is 5.13. The average Bonchev–Trinajstić information content (AvgIpc) is 2.56. The Balaban J connectivity index is 2.03. The Labute approximate surface area is 149 Å². The van der Waals surface area contributed by atoms with Gasteiger partial charge in [0, 0.05) is 10.6 Å². The minimum absolute atomic E-state index is 0.165. The molecule has 0 saturated heterocycles. The van der Waals surface area contributed by atoms with Crippen molar-refractivity contribution in [2.75, 3.05) is 11.9 Å². The summed E-state index contributed by atoms with van der Waals surface area (Å²) in [6.45, 7) is -0.683. The Morgan fingerprint density at radius 2 is 1.69 bits per heavy atom. The summed E-state index contributed by atoms with van der Waals surface area (Å²) in [4.78, 5) is 23.5. The number of hydrogen-bond acceptors (Lipinski definition) is 2. The van der Waals surface area contributed by atoms with Gasteiger partial charge in [0.25, 0.3) is 5.91 Å². The number of nitrogens with one attached hydrogen (secondary N) is 2. The topological polar surface area (TPSA) is 58.2 Å². The van der Waals surface area contributed by atoms with Crippen LogP contribution in [0.3, 0.4) is 0 Å². The zero-order valence-corrected chi connectivity index (χ0v) is 13.5. The molecular weight excluding hydrogens is 383 g/mol. The van der Waals surface area contributed by atoms with Gasteiger partial charge in [-0.2, -0.15) is 13.2 Å². The monoisotopic (exact) mass is 392 g/mol. The summed E-state index contributed by atoms with van der Waals surface area (Å²) in [7, 11) is 0. The standard InChI is InChI=1S/C16H10ClF5N2O2/c17-9-2-4-13(10(6-9)16(20,21)22)24-14(25)7-23-15(26)8-1-3-11(18)12(19)5-8/h1-6H,7H2,(H,23,26)(H,24,25). The summed E-state index contributed by atoms with van der Waals surface area (Å²) >= 11 is 5.53. The van der Waals surface area contributed by atoms with Crippen molar-refractivity contribution in [1.29, 1.82) is 0 Å². The molecule has 10 heteroatoms. The van der Waals surface area contributed by atoms with Crippen LogP contribution in [-0.4, -0.2) is 18.4 Å². The van der Waals surface area contributed by atoms with Crippen LogP contribution in [0.25, 0.3) is 0 Å². The third kappa shape index (κ3) is 4.92. The zero-order chi connectivity index (χ0) is 19.5. The molecule has 0 aliphatic carbocycles. The number of halogens is 6. The van der Waals surface area contributed by atoms with Crippen LogP contribution in [0.2, 0.25) is 5.02 Å². The predicted octanol–water partition coefficient (Wildman–Crippen LogP) is 4.01. The number of amides is 2. The van der Waals surface area contributed by atoms with Crippen molar-refractivity contribution in [1.82, 2.24) is 5.32 Å². The molecule has 26 heavy (non-hydrogen) atoms. The molecule has 0 spiro atoms. The smallest absolute Gasteiger partial charge is 0.343 e.